The zero-order valence-corrected chi connectivity index (χ0v) is 15.5. The Balaban J connectivity index is 1.38. The molecule has 0 aromatic heterocycles. The van der Waals surface area contributed by atoms with Crippen LogP contribution in [0.4, 0.5) is 5.69 Å². The van der Waals surface area contributed by atoms with Gasteiger partial charge in [-0.25, -0.2) is 0 Å². The van der Waals surface area contributed by atoms with Crippen molar-refractivity contribution in [2.24, 2.45) is 5.92 Å². The van der Waals surface area contributed by atoms with Crippen LogP contribution in [0.5, 0.6) is 0 Å². The van der Waals surface area contributed by atoms with Gasteiger partial charge in [0.15, 0.2) is 0 Å². The molecule has 0 bridgehead atoms. The summed E-state index contributed by atoms with van der Waals surface area (Å²) in [6, 6.07) is 8.65. The molecule has 1 heterocycles. The number of nitrogens with zero attached hydrogens (tertiary/aromatic N) is 3. The first kappa shape index (κ1) is 18.2. The van der Waals surface area contributed by atoms with Crippen molar-refractivity contribution in [2.75, 3.05) is 51.2 Å². The topological polar surface area (TPSA) is 47.0 Å². The van der Waals surface area contributed by atoms with Gasteiger partial charge in [-0.1, -0.05) is 12.1 Å². The van der Waals surface area contributed by atoms with E-state index >= 15 is 0 Å². The summed E-state index contributed by atoms with van der Waals surface area (Å²) < 4.78 is 0. The van der Waals surface area contributed by atoms with Gasteiger partial charge in [-0.3, -0.25) is 9.69 Å². The molecule has 1 atom stereocenters. The highest BCUT2D eigenvalue weighted by atomic mass is 16.3. The Bertz CT molecular complexity index is 580. The van der Waals surface area contributed by atoms with Crippen LogP contribution in [0.3, 0.4) is 0 Å². The maximum Gasteiger partial charge on any atom is 0.223 e. The number of amides is 1. The second kappa shape index (κ2) is 8.19. The predicted octanol–water partition coefficient (Wildman–Crippen LogP) is 1.74. The van der Waals surface area contributed by atoms with Crippen molar-refractivity contribution in [3.63, 3.8) is 0 Å². The minimum Gasteiger partial charge on any atom is -0.391 e. The molecule has 1 N–H and O–H groups in total. The Morgan fingerprint density at radius 1 is 1.28 bits per heavy atom. The molecule has 1 aliphatic carbocycles. The number of anilines is 1. The lowest BCUT2D eigenvalue weighted by Gasteiger charge is -2.36. The maximum absolute atomic E-state index is 12.3. The number of hydrogen-bond acceptors (Lipinski definition) is 4. The van der Waals surface area contributed by atoms with Crippen LogP contribution in [0.2, 0.25) is 0 Å². The van der Waals surface area contributed by atoms with Gasteiger partial charge < -0.3 is 14.9 Å². The van der Waals surface area contributed by atoms with Gasteiger partial charge in [0, 0.05) is 58.4 Å². The van der Waals surface area contributed by atoms with Gasteiger partial charge in [0.2, 0.25) is 5.91 Å². The van der Waals surface area contributed by atoms with Gasteiger partial charge in [0.05, 0.1) is 6.10 Å². The van der Waals surface area contributed by atoms with Crippen molar-refractivity contribution in [3.8, 4) is 0 Å². The molecule has 1 saturated carbocycles. The third-order valence-corrected chi connectivity index (χ3v) is 5.43. The third-order valence-electron chi connectivity index (χ3n) is 5.43. The van der Waals surface area contributed by atoms with Crippen LogP contribution < -0.4 is 4.90 Å². The molecule has 25 heavy (non-hydrogen) atoms. The number of benzene rings is 1. The number of rotatable bonds is 7. The van der Waals surface area contributed by atoms with E-state index in [4.69, 9.17) is 0 Å². The summed E-state index contributed by atoms with van der Waals surface area (Å²) in [5.74, 6) is 0.561. The maximum atomic E-state index is 12.3. The zero-order chi connectivity index (χ0) is 17.8. The first-order valence-electron chi connectivity index (χ1n) is 9.49. The molecule has 1 unspecified atom stereocenters. The van der Waals surface area contributed by atoms with Crippen LogP contribution in [0, 0.1) is 12.8 Å². The van der Waals surface area contributed by atoms with Crippen LogP contribution >= 0.6 is 0 Å². The number of aryl methyl sites for hydroxylation is 1. The van der Waals surface area contributed by atoms with E-state index < -0.39 is 0 Å². The Hall–Kier alpha value is -1.59. The molecule has 2 fully saturated rings. The Morgan fingerprint density at radius 2 is 2.00 bits per heavy atom. The molecule has 2 aliphatic rings. The molecule has 0 radical (unpaired) electrons. The minimum atomic E-state index is -0.341. The molecule has 1 aromatic rings. The molecule has 1 aromatic carbocycles. The minimum absolute atomic E-state index is 0.140. The smallest absolute Gasteiger partial charge is 0.223 e. The number of likely N-dealkylation sites (N-methyl/N-ethyl adjacent to an activating group) is 1. The standard InChI is InChI=1S/C20H31N3O2/c1-16-4-3-5-18(14-16)23-12-10-22(11-13-23)9-8-20(25)21(2)15-19(24)17-6-7-17/h3-5,14,17,19,24H,6-13,15H2,1-2H3. The highest BCUT2D eigenvalue weighted by Gasteiger charge is 2.31. The summed E-state index contributed by atoms with van der Waals surface area (Å²) in [6.45, 7) is 7.42. The Morgan fingerprint density at radius 3 is 2.64 bits per heavy atom. The normalized spacial score (nSPS) is 19.7. The first-order valence-corrected chi connectivity index (χ1v) is 9.49. The summed E-state index contributed by atoms with van der Waals surface area (Å²) in [7, 11) is 1.81. The van der Waals surface area contributed by atoms with E-state index in [0.717, 1.165) is 45.6 Å². The van der Waals surface area contributed by atoms with Gasteiger partial charge in [-0.15, -0.1) is 0 Å². The van der Waals surface area contributed by atoms with E-state index in [-0.39, 0.29) is 12.0 Å². The Kier molecular flexibility index (Phi) is 5.97. The fraction of sp³-hybridized carbons (Fsp3) is 0.650. The fourth-order valence-electron chi connectivity index (χ4n) is 3.51. The molecule has 5 heteroatoms. The molecule has 3 rings (SSSR count). The van der Waals surface area contributed by atoms with E-state index in [1.807, 2.05) is 7.05 Å². The molecule has 1 saturated heterocycles. The van der Waals surface area contributed by atoms with Gasteiger partial charge in [-0.05, 0) is 43.4 Å². The molecule has 0 spiro atoms. The lowest BCUT2D eigenvalue weighted by atomic mass is 10.2. The average Bonchev–Trinajstić information content (AvgIpc) is 3.45. The summed E-state index contributed by atoms with van der Waals surface area (Å²) in [5.41, 5.74) is 2.59. The quantitative estimate of drug-likeness (QED) is 0.818. The number of aliphatic hydroxyl groups is 1. The van der Waals surface area contributed by atoms with Crippen molar-refractivity contribution in [2.45, 2.75) is 32.3 Å². The van der Waals surface area contributed by atoms with Crippen LogP contribution in [0.25, 0.3) is 0 Å². The molecule has 138 valence electrons. The largest absolute Gasteiger partial charge is 0.391 e. The van der Waals surface area contributed by atoms with Gasteiger partial charge in [0.1, 0.15) is 0 Å². The van der Waals surface area contributed by atoms with E-state index in [1.54, 1.807) is 4.90 Å². The first-order chi connectivity index (χ1) is 12.0. The molecule has 5 nitrogen and oxygen atoms in total. The van der Waals surface area contributed by atoms with Crippen LogP contribution in [0.1, 0.15) is 24.8 Å². The highest BCUT2D eigenvalue weighted by molar-refractivity contribution is 5.76. The summed E-state index contributed by atoms with van der Waals surface area (Å²) in [4.78, 5) is 18.8. The SMILES string of the molecule is Cc1cccc(N2CCN(CCC(=O)N(C)CC(O)C3CC3)CC2)c1. The molecule has 1 amide bonds. The van der Waals surface area contributed by atoms with Crippen LogP contribution in [-0.4, -0.2) is 73.2 Å². The van der Waals surface area contributed by atoms with E-state index in [1.165, 1.54) is 11.3 Å². The van der Waals surface area contributed by atoms with Crippen LogP contribution in [-0.2, 0) is 4.79 Å². The predicted molar refractivity (Wildman–Crippen MR) is 101 cm³/mol. The van der Waals surface area contributed by atoms with Gasteiger partial charge in [0.25, 0.3) is 0 Å². The fourth-order valence-corrected chi connectivity index (χ4v) is 3.51. The lowest BCUT2D eigenvalue weighted by molar-refractivity contribution is -0.131. The van der Waals surface area contributed by atoms with E-state index in [9.17, 15) is 9.90 Å². The number of aliphatic hydroxyl groups excluding tert-OH is 1. The Labute approximate surface area is 151 Å². The lowest BCUT2D eigenvalue weighted by Crippen LogP contribution is -2.47. The van der Waals surface area contributed by atoms with Crippen molar-refractivity contribution in [1.29, 1.82) is 0 Å². The van der Waals surface area contributed by atoms with Crippen LogP contribution in [0.15, 0.2) is 24.3 Å². The number of hydrogen-bond donors (Lipinski definition) is 1. The third kappa shape index (κ3) is 5.19. The molecule has 1 aliphatic heterocycles. The molecular weight excluding hydrogens is 314 g/mol. The number of piperazine rings is 1. The van der Waals surface area contributed by atoms with Crippen molar-refractivity contribution in [3.05, 3.63) is 29.8 Å². The summed E-state index contributed by atoms with van der Waals surface area (Å²) in [5, 5.41) is 9.97. The summed E-state index contributed by atoms with van der Waals surface area (Å²) >= 11 is 0. The summed E-state index contributed by atoms with van der Waals surface area (Å²) in [6.07, 6.45) is 2.41. The second-order valence-electron chi connectivity index (χ2n) is 7.60. The zero-order valence-electron chi connectivity index (χ0n) is 15.5. The highest BCUT2D eigenvalue weighted by Crippen LogP contribution is 2.32. The number of carbonyl (C=O) groups excluding carboxylic acids is 1. The van der Waals surface area contributed by atoms with E-state index in [0.29, 0.717) is 18.9 Å². The molecular formula is C20H31N3O2. The number of carbonyl (C=O) groups is 1. The average molecular weight is 345 g/mol. The van der Waals surface area contributed by atoms with Crippen molar-refractivity contribution >= 4 is 11.6 Å². The monoisotopic (exact) mass is 345 g/mol. The van der Waals surface area contributed by atoms with Crippen molar-refractivity contribution < 1.29 is 9.90 Å². The van der Waals surface area contributed by atoms with Crippen molar-refractivity contribution in [1.82, 2.24) is 9.80 Å². The van der Waals surface area contributed by atoms with Gasteiger partial charge in [-0.2, -0.15) is 0 Å². The second-order valence-corrected chi connectivity index (χ2v) is 7.60. The van der Waals surface area contributed by atoms with Gasteiger partial charge >= 0.3 is 0 Å². The van der Waals surface area contributed by atoms with E-state index in [2.05, 4.69) is 41.0 Å².